The van der Waals surface area contributed by atoms with Gasteiger partial charge in [0, 0.05) is 19.5 Å². The Kier molecular flexibility index (Phi) is 4.32. The first-order valence-electron chi connectivity index (χ1n) is 6.44. The molecule has 1 heterocycles. The summed E-state index contributed by atoms with van der Waals surface area (Å²) in [4.78, 5) is 24.1. The molecule has 6 heteroatoms. The Labute approximate surface area is 115 Å². The Morgan fingerprint density at radius 3 is 2.25 bits per heavy atom. The molecule has 1 N–H and O–H groups in total. The minimum absolute atomic E-state index is 0.0158. The molecule has 2 rings (SSSR count). The third-order valence-corrected chi connectivity index (χ3v) is 3.54. The van der Waals surface area contributed by atoms with Gasteiger partial charge in [0.1, 0.15) is 17.2 Å². The second-order valence-electron chi connectivity index (χ2n) is 4.93. The van der Waals surface area contributed by atoms with E-state index in [1.165, 1.54) is 11.0 Å². The molecule has 0 atom stereocenters. The molecule has 0 spiro atoms. The molecule has 1 fully saturated rings. The number of carbonyl (C=O) groups is 2. The molecule has 1 aromatic rings. The summed E-state index contributed by atoms with van der Waals surface area (Å²) in [6.07, 6.45) is 1.14. The van der Waals surface area contributed by atoms with Gasteiger partial charge in [0.15, 0.2) is 0 Å². The standard InChI is InChI=1S/C14H15F2NO3/c15-10-2-1-3-11(16)13(10)14(20)17-6-4-9(5-7-17)8-12(18)19/h1-3,9H,4-8H2,(H,18,19). The van der Waals surface area contributed by atoms with Gasteiger partial charge in [-0.1, -0.05) is 6.07 Å². The van der Waals surface area contributed by atoms with Gasteiger partial charge in [-0.15, -0.1) is 0 Å². The number of carboxylic acids is 1. The zero-order chi connectivity index (χ0) is 14.7. The summed E-state index contributed by atoms with van der Waals surface area (Å²) in [6, 6.07) is 3.31. The average molecular weight is 283 g/mol. The lowest BCUT2D eigenvalue weighted by molar-refractivity contribution is -0.138. The molecule has 4 nitrogen and oxygen atoms in total. The van der Waals surface area contributed by atoms with Crippen LogP contribution in [0.5, 0.6) is 0 Å². The number of hydrogen-bond donors (Lipinski definition) is 1. The average Bonchev–Trinajstić information content (AvgIpc) is 2.38. The normalized spacial score (nSPS) is 16.2. The molecule has 1 aliphatic heterocycles. The van der Waals surface area contributed by atoms with Crippen molar-refractivity contribution in [1.82, 2.24) is 4.90 Å². The van der Waals surface area contributed by atoms with E-state index in [1.54, 1.807) is 0 Å². The first-order chi connectivity index (χ1) is 9.49. The monoisotopic (exact) mass is 283 g/mol. The molecular weight excluding hydrogens is 268 g/mol. The number of benzene rings is 1. The molecule has 0 bridgehead atoms. The second-order valence-corrected chi connectivity index (χ2v) is 4.93. The molecule has 0 saturated carbocycles. The van der Waals surface area contributed by atoms with Crippen LogP contribution < -0.4 is 0 Å². The number of aliphatic carboxylic acids is 1. The van der Waals surface area contributed by atoms with E-state index >= 15 is 0 Å². The van der Waals surface area contributed by atoms with Gasteiger partial charge < -0.3 is 10.0 Å². The van der Waals surface area contributed by atoms with Crippen LogP contribution in [0, 0.1) is 17.6 Å². The van der Waals surface area contributed by atoms with Crippen LogP contribution >= 0.6 is 0 Å². The van der Waals surface area contributed by atoms with E-state index in [4.69, 9.17) is 5.11 Å². The molecular formula is C14H15F2NO3. The van der Waals surface area contributed by atoms with Gasteiger partial charge in [0.25, 0.3) is 5.91 Å². The number of likely N-dealkylation sites (tertiary alicyclic amines) is 1. The first-order valence-corrected chi connectivity index (χ1v) is 6.44. The summed E-state index contributed by atoms with van der Waals surface area (Å²) < 4.78 is 27.1. The molecule has 0 aromatic heterocycles. The minimum atomic E-state index is -0.873. The second kappa shape index (κ2) is 5.98. The fourth-order valence-electron chi connectivity index (χ4n) is 2.45. The van der Waals surface area contributed by atoms with Crippen molar-refractivity contribution in [3.63, 3.8) is 0 Å². The molecule has 1 aliphatic rings. The van der Waals surface area contributed by atoms with Crippen LogP contribution in [0.1, 0.15) is 29.6 Å². The van der Waals surface area contributed by atoms with Crippen molar-refractivity contribution in [2.75, 3.05) is 13.1 Å². The van der Waals surface area contributed by atoms with Crippen molar-refractivity contribution in [2.45, 2.75) is 19.3 Å². The highest BCUT2D eigenvalue weighted by atomic mass is 19.1. The lowest BCUT2D eigenvalue weighted by Crippen LogP contribution is -2.39. The molecule has 0 radical (unpaired) electrons. The molecule has 108 valence electrons. The third-order valence-electron chi connectivity index (χ3n) is 3.54. The Hall–Kier alpha value is -1.98. The molecule has 1 saturated heterocycles. The van der Waals surface area contributed by atoms with Crippen LogP contribution in [0.2, 0.25) is 0 Å². The Morgan fingerprint density at radius 2 is 1.75 bits per heavy atom. The molecule has 0 aliphatic carbocycles. The SMILES string of the molecule is O=C(O)CC1CCN(C(=O)c2c(F)cccc2F)CC1. The van der Waals surface area contributed by atoms with Crippen molar-refractivity contribution in [3.8, 4) is 0 Å². The Bertz CT molecular complexity index is 505. The van der Waals surface area contributed by atoms with Crippen molar-refractivity contribution in [3.05, 3.63) is 35.4 Å². The summed E-state index contributed by atoms with van der Waals surface area (Å²) in [5.41, 5.74) is -0.538. The van der Waals surface area contributed by atoms with Crippen LogP contribution in [0.4, 0.5) is 8.78 Å². The summed E-state index contributed by atoms with van der Waals surface area (Å²) in [7, 11) is 0. The highest BCUT2D eigenvalue weighted by Crippen LogP contribution is 2.23. The first kappa shape index (κ1) is 14.4. The summed E-state index contributed by atoms with van der Waals surface area (Å²) in [5.74, 6) is -3.27. The smallest absolute Gasteiger partial charge is 0.303 e. The largest absolute Gasteiger partial charge is 0.481 e. The van der Waals surface area contributed by atoms with Gasteiger partial charge in [-0.2, -0.15) is 0 Å². The number of amides is 1. The number of nitrogens with zero attached hydrogens (tertiary/aromatic N) is 1. The zero-order valence-corrected chi connectivity index (χ0v) is 10.8. The zero-order valence-electron chi connectivity index (χ0n) is 10.8. The van der Waals surface area contributed by atoms with Gasteiger partial charge in [-0.25, -0.2) is 8.78 Å². The van der Waals surface area contributed by atoms with Crippen molar-refractivity contribution in [2.24, 2.45) is 5.92 Å². The van der Waals surface area contributed by atoms with Crippen LogP contribution in [0.25, 0.3) is 0 Å². The van der Waals surface area contributed by atoms with Crippen LogP contribution in [-0.4, -0.2) is 35.0 Å². The summed E-state index contributed by atoms with van der Waals surface area (Å²) in [5, 5.41) is 8.71. The van der Waals surface area contributed by atoms with E-state index < -0.39 is 29.1 Å². The Morgan fingerprint density at radius 1 is 1.20 bits per heavy atom. The van der Waals surface area contributed by atoms with E-state index in [9.17, 15) is 18.4 Å². The molecule has 1 amide bonds. The molecule has 1 aromatic carbocycles. The maximum atomic E-state index is 13.5. The number of hydrogen-bond acceptors (Lipinski definition) is 2. The maximum Gasteiger partial charge on any atom is 0.303 e. The van der Waals surface area contributed by atoms with E-state index in [-0.39, 0.29) is 12.3 Å². The number of piperidine rings is 1. The van der Waals surface area contributed by atoms with Crippen molar-refractivity contribution in [1.29, 1.82) is 0 Å². The number of halogens is 2. The van der Waals surface area contributed by atoms with Gasteiger partial charge in [0.05, 0.1) is 0 Å². The van der Waals surface area contributed by atoms with E-state index in [0.29, 0.717) is 25.9 Å². The minimum Gasteiger partial charge on any atom is -0.481 e. The van der Waals surface area contributed by atoms with Gasteiger partial charge in [-0.05, 0) is 30.9 Å². The van der Waals surface area contributed by atoms with Crippen molar-refractivity contribution < 1.29 is 23.5 Å². The fourth-order valence-corrected chi connectivity index (χ4v) is 2.45. The molecule has 20 heavy (non-hydrogen) atoms. The van der Waals surface area contributed by atoms with Crippen LogP contribution in [0.3, 0.4) is 0 Å². The van der Waals surface area contributed by atoms with Crippen LogP contribution in [0.15, 0.2) is 18.2 Å². The van der Waals surface area contributed by atoms with Gasteiger partial charge in [0.2, 0.25) is 0 Å². The highest BCUT2D eigenvalue weighted by Gasteiger charge is 2.28. The Balaban J connectivity index is 2.04. The van der Waals surface area contributed by atoms with E-state index in [1.807, 2.05) is 0 Å². The van der Waals surface area contributed by atoms with Crippen molar-refractivity contribution >= 4 is 11.9 Å². The number of rotatable bonds is 3. The predicted molar refractivity (Wildman–Crippen MR) is 67.2 cm³/mol. The lowest BCUT2D eigenvalue weighted by Gasteiger charge is -2.31. The number of carboxylic acid groups (broad SMARTS) is 1. The topological polar surface area (TPSA) is 57.6 Å². The van der Waals surface area contributed by atoms with Crippen LogP contribution in [-0.2, 0) is 4.79 Å². The number of carbonyl (C=O) groups excluding carboxylic acids is 1. The fraction of sp³-hybridized carbons (Fsp3) is 0.429. The quantitative estimate of drug-likeness (QED) is 0.926. The lowest BCUT2D eigenvalue weighted by atomic mass is 9.93. The third kappa shape index (κ3) is 3.12. The van der Waals surface area contributed by atoms with Gasteiger partial charge >= 0.3 is 5.97 Å². The maximum absolute atomic E-state index is 13.5. The van der Waals surface area contributed by atoms with Gasteiger partial charge in [-0.3, -0.25) is 9.59 Å². The van der Waals surface area contributed by atoms with E-state index in [0.717, 1.165) is 12.1 Å². The van der Waals surface area contributed by atoms with E-state index in [2.05, 4.69) is 0 Å². The predicted octanol–water partition coefficient (Wildman–Crippen LogP) is 2.29. The summed E-state index contributed by atoms with van der Waals surface area (Å²) >= 11 is 0. The molecule has 0 unspecified atom stereocenters. The highest BCUT2D eigenvalue weighted by molar-refractivity contribution is 5.94. The summed E-state index contributed by atoms with van der Waals surface area (Å²) in [6.45, 7) is 0.648.